The minimum Gasteiger partial charge on any atom is -0.457 e. The minimum atomic E-state index is -0.825. The third-order valence-corrected chi connectivity index (χ3v) is 6.66. The van der Waals surface area contributed by atoms with Crippen molar-refractivity contribution in [3.63, 3.8) is 0 Å². The van der Waals surface area contributed by atoms with Crippen LogP contribution in [0.15, 0.2) is 60.6 Å². The van der Waals surface area contributed by atoms with Gasteiger partial charge in [0.15, 0.2) is 5.65 Å². The van der Waals surface area contributed by atoms with Crippen LogP contribution in [0, 0.1) is 18.2 Å². The first-order chi connectivity index (χ1) is 19.5. The van der Waals surface area contributed by atoms with Crippen LogP contribution in [0.3, 0.4) is 0 Å². The van der Waals surface area contributed by atoms with E-state index in [1.165, 1.54) is 42.7 Å². The molecule has 4 aromatic rings. The summed E-state index contributed by atoms with van der Waals surface area (Å²) in [5.74, 6) is -0.979. The van der Waals surface area contributed by atoms with Gasteiger partial charge in [-0.15, -0.1) is 0 Å². The van der Waals surface area contributed by atoms with E-state index in [4.69, 9.17) is 22.8 Å². The molecule has 2 aromatic heterocycles. The maximum atomic E-state index is 15.4. The van der Waals surface area contributed by atoms with Crippen LogP contribution in [0.4, 0.5) is 14.6 Å². The van der Waals surface area contributed by atoms with Crippen LogP contribution in [-0.2, 0) is 11.3 Å². The summed E-state index contributed by atoms with van der Waals surface area (Å²) in [6.07, 6.45) is 4.20. The maximum absolute atomic E-state index is 15.4. The first-order valence-corrected chi connectivity index (χ1v) is 12.9. The van der Waals surface area contributed by atoms with Gasteiger partial charge in [-0.3, -0.25) is 4.79 Å². The maximum Gasteiger partial charge on any atom is 0.252 e. The highest BCUT2D eigenvalue weighted by atomic mass is 19.1. The summed E-state index contributed by atoms with van der Waals surface area (Å²) >= 11 is 0. The number of rotatable bonds is 7. The lowest BCUT2D eigenvalue weighted by molar-refractivity contribution is -0.127. The fraction of sp³-hybridized carbons (Fsp3) is 0.276. The highest BCUT2D eigenvalue weighted by Crippen LogP contribution is 2.35. The molecular weight excluding hydrogens is 530 g/mol. The number of benzene rings is 2. The lowest BCUT2D eigenvalue weighted by atomic mass is 10.1. The molecule has 2 aromatic carbocycles. The second-order valence-corrected chi connectivity index (χ2v) is 10.4. The second-order valence-electron chi connectivity index (χ2n) is 10.4. The molecule has 4 N–H and O–H groups in total. The van der Waals surface area contributed by atoms with E-state index in [0.717, 1.165) is 6.42 Å². The second kappa shape index (κ2) is 10.9. The summed E-state index contributed by atoms with van der Waals surface area (Å²) in [6.45, 7) is 11.7. The van der Waals surface area contributed by atoms with Crippen LogP contribution >= 0.6 is 0 Å². The molecular formula is C29H28F2N8O2. The average Bonchev–Trinajstić information content (AvgIpc) is 3.52. The number of ether oxygens (including phenoxy) is 1. The SMILES string of the molecule is [C-]#[N+]/C(=C/C(C)(C)N)C(=O)N1CCC[C@@H]1Cn1nc(-c2ccc(Oc3cccc(F)c3)cc2F)c2c(N)ncnc21. The van der Waals surface area contributed by atoms with E-state index in [1.54, 1.807) is 35.6 Å². The molecule has 10 nitrogen and oxygen atoms in total. The van der Waals surface area contributed by atoms with Gasteiger partial charge in [0, 0.05) is 29.8 Å². The van der Waals surface area contributed by atoms with Crippen molar-refractivity contribution in [2.45, 2.75) is 44.8 Å². The van der Waals surface area contributed by atoms with Gasteiger partial charge < -0.3 is 21.1 Å². The Labute approximate surface area is 235 Å². The first-order valence-electron chi connectivity index (χ1n) is 12.9. The molecule has 1 atom stereocenters. The van der Waals surface area contributed by atoms with E-state index in [0.29, 0.717) is 24.0 Å². The van der Waals surface area contributed by atoms with Gasteiger partial charge in [0.25, 0.3) is 5.91 Å². The summed E-state index contributed by atoms with van der Waals surface area (Å²) in [5, 5.41) is 5.03. The van der Waals surface area contributed by atoms with Crippen molar-refractivity contribution in [1.82, 2.24) is 24.6 Å². The summed E-state index contributed by atoms with van der Waals surface area (Å²) in [6, 6.07) is 9.47. The molecule has 1 amide bonds. The quantitative estimate of drug-likeness (QED) is 0.249. The van der Waals surface area contributed by atoms with Gasteiger partial charge in [-0.05, 0) is 51.0 Å². The molecule has 1 saturated heterocycles. The number of fused-ring (bicyclic) bond motifs is 1. The topological polar surface area (TPSA) is 130 Å². The third kappa shape index (κ3) is 5.85. The molecule has 210 valence electrons. The Kier molecular flexibility index (Phi) is 7.38. The number of hydrogen-bond donors (Lipinski definition) is 2. The van der Waals surface area contributed by atoms with Gasteiger partial charge in [-0.1, -0.05) is 12.1 Å². The van der Waals surface area contributed by atoms with E-state index >= 15 is 4.39 Å². The molecule has 3 heterocycles. The Morgan fingerprint density at radius 1 is 1.22 bits per heavy atom. The first kappa shape index (κ1) is 27.7. The summed E-state index contributed by atoms with van der Waals surface area (Å²) in [7, 11) is 0. The van der Waals surface area contributed by atoms with Gasteiger partial charge in [0.05, 0.1) is 24.5 Å². The van der Waals surface area contributed by atoms with Crippen molar-refractivity contribution in [3.8, 4) is 22.8 Å². The van der Waals surface area contributed by atoms with Gasteiger partial charge >= 0.3 is 0 Å². The zero-order chi connectivity index (χ0) is 29.3. The molecule has 1 aliphatic rings. The zero-order valence-electron chi connectivity index (χ0n) is 22.5. The van der Waals surface area contributed by atoms with Crippen molar-refractivity contribution < 1.29 is 18.3 Å². The van der Waals surface area contributed by atoms with Crippen LogP contribution < -0.4 is 16.2 Å². The highest BCUT2D eigenvalue weighted by Gasteiger charge is 2.33. The molecule has 0 radical (unpaired) electrons. The number of carbonyl (C=O) groups excluding carboxylic acids is 1. The highest BCUT2D eigenvalue weighted by molar-refractivity contribution is 5.98. The van der Waals surface area contributed by atoms with Gasteiger partial charge in [-0.2, -0.15) is 5.10 Å². The van der Waals surface area contributed by atoms with E-state index in [2.05, 4.69) is 19.9 Å². The molecule has 1 fully saturated rings. The Bertz CT molecular complexity index is 1700. The number of carbonyl (C=O) groups is 1. The van der Waals surface area contributed by atoms with Crippen molar-refractivity contribution in [2.24, 2.45) is 5.73 Å². The predicted octanol–water partition coefficient (Wildman–Crippen LogP) is 4.68. The van der Waals surface area contributed by atoms with E-state index in [1.807, 2.05) is 0 Å². The molecule has 0 bridgehead atoms. The largest absolute Gasteiger partial charge is 0.457 e. The van der Waals surface area contributed by atoms with E-state index in [-0.39, 0.29) is 46.9 Å². The number of hydrogen-bond acceptors (Lipinski definition) is 7. The Morgan fingerprint density at radius 3 is 2.71 bits per heavy atom. The number of halogens is 2. The van der Waals surface area contributed by atoms with Gasteiger partial charge in [-0.25, -0.2) is 28.3 Å². The fourth-order valence-corrected chi connectivity index (χ4v) is 4.90. The van der Waals surface area contributed by atoms with Gasteiger partial charge in [0.2, 0.25) is 5.70 Å². The number of likely N-dealkylation sites (tertiary alicyclic amines) is 1. The third-order valence-electron chi connectivity index (χ3n) is 6.66. The van der Waals surface area contributed by atoms with Crippen LogP contribution in [0.5, 0.6) is 11.5 Å². The summed E-state index contributed by atoms with van der Waals surface area (Å²) in [4.78, 5) is 26.8. The zero-order valence-corrected chi connectivity index (χ0v) is 22.5. The monoisotopic (exact) mass is 558 g/mol. The van der Waals surface area contributed by atoms with E-state index in [9.17, 15) is 9.18 Å². The smallest absolute Gasteiger partial charge is 0.252 e. The summed E-state index contributed by atoms with van der Waals surface area (Å²) in [5.41, 5.74) is 12.1. The Hall–Kier alpha value is -4.89. The molecule has 12 heteroatoms. The van der Waals surface area contributed by atoms with E-state index < -0.39 is 23.1 Å². The molecule has 5 rings (SSSR count). The lowest BCUT2D eigenvalue weighted by Gasteiger charge is -2.25. The van der Waals surface area contributed by atoms with Crippen LogP contribution in [0.1, 0.15) is 26.7 Å². The van der Waals surface area contributed by atoms with Gasteiger partial charge in [0.1, 0.15) is 41.0 Å². The molecule has 0 aliphatic carbocycles. The average molecular weight is 559 g/mol. The Morgan fingerprint density at radius 2 is 2.00 bits per heavy atom. The van der Waals surface area contributed by atoms with Crippen LogP contribution in [-0.4, -0.2) is 48.7 Å². The summed E-state index contributed by atoms with van der Waals surface area (Å²) < 4.78 is 36.2. The Balaban J connectivity index is 1.47. The molecule has 0 saturated carbocycles. The molecule has 41 heavy (non-hydrogen) atoms. The lowest BCUT2D eigenvalue weighted by Crippen LogP contribution is -2.40. The van der Waals surface area contributed by atoms with Crippen molar-refractivity contribution in [2.75, 3.05) is 12.3 Å². The standard InChI is InChI=1S/C29H28F2N8O2/c1-29(2,33)14-23(34-3)28(40)38-11-5-7-18(38)15-39-27-24(26(32)35-16-36-27)25(37-39)21-10-9-20(13-22(21)31)41-19-8-4-6-17(30)12-19/h4,6,8-10,12-14,16,18H,5,7,11,15,33H2,1-2H3,(H2,32,35,36)/b23-14+/t18-/m1/s1. The molecule has 1 aliphatic heterocycles. The number of aromatic nitrogens is 4. The number of nitrogens with zero attached hydrogens (tertiary/aromatic N) is 6. The minimum absolute atomic E-state index is 0.0374. The normalized spacial score (nSPS) is 15.8. The number of nitrogens with two attached hydrogens (primary N) is 2. The number of nitrogen functional groups attached to an aromatic ring is 1. The number of anilines is 1. The molecule has 0 unspecified atom stereocenters. The number of amides is 1. The van der Waals surface area contributed by atoms with Crippen LogP contribution in [0.2, 0.25) is 0 Å². The fourth-order valence-electron chi connectivity index (χ4n) is 4.90. The van der Waals surface area contributed by atoms with Crippen molar-refractivity contribution in [1.29, 1.82) is 0 Å². The van der Waals surface area contributed by atoms with Crippen LogP contribution in [0.25, 0.3) is 27.1 Å². The predicted molar refractivity (Wildman–Crippen MR) is 149 cm³/mol. The van der Waals surface area contributed by atoms with Crippen molar-refractivity contribution in [3.05, 3.63) is 83.6 Å². The van der Waals surface area contributed by atoms with Crippen molar-refractivity contribution >= 4 is 22.8 Å². The molecule has 0 spiro atoms.